The van der Waals surface area contributed by atoms with E-state index < -0.39 is 17.2 Å². The van der Waals surface area contributed by atoms with Gasteiger partial charge in [0, 0.05) is 55.5 Å². The Hall–Kier alpha value is -3.14. The SMILES string of the molecule is O=C(C=Cc1ccc(Cl)cc1)N1CCN(CC(O)(Cn2cncn2)c2ccc(F)cc2F)CC1. The second kappa shape index (κ2) is 10.4. The average molecular weight is 488 g/mol. The molecule has 0 saturated carbocycles. The molecular weight excluding hydrogens is 464 g/mol. The second-order valence-corrected chi connectivity index (χ2v) is 8.67. The van der Waals surface area contributed by atoms with Crippen molar-refractivity contribution in [1.29, 1.82) is 0 Å². The van der Waals surface area contributed by atoms with Crippen molar-refractivity contribution in [2.75, 3.05) is 32.7 Å². The molecule has 1 saturated heterocycles. The second-order valence-electron chi connectivity index (χ2n) is 8.24. The number of carbonyl (C=O) groups is 1. The molecule has 7 nitrogen and oxygen atoms in total. The Bertz CT molecular complexity index is 1150. The molecule has 34 heavy (non-hydrogen) atoms. The molecule has 2 aromatic carbocycles. The molecule has 10 heteroatoms. The lowest BCUT2D eigenvalue weighted by atomic mass is 9.92. The van der Waals surface area contributed by atoms with Crippen LogP contribution in [0.15, 0.2) is 61.2 Å². The number of amides is 1. The minimum absolute atomic E-state index is 0.0196. The number of aromatic nitrogens is 3. The number of hydrogen-bond donors (Lipinski definition) is 1. The monoisotopic (exact) mass is 487 g/mol. The maximum Gasteiger partial charge on any atom is 0.246 e. The van der Waals surface area contributed by atoms with E-state index in [1.54, 1.807) is 23.1 Å². The number of piperazine rings is 1. The zero-order chi connectivity index (χ0) is 24.1. The van der Waals surface area contributed by atoms with Crippen molar-refractivity contribution in [3.8, 4) is 0 Å². The van der Waals surface area contributed by atoms with Crippen LogP contribution in [0.1, 0.15) is 11.1 Å². The largest absolute Gasteiger partial charge is 0.382 e. The van der Waals surface area contributed by atoms with Gasteiger partial charge in [-0.2, -0.15) is 5.10 Å². The summed E-state index contributed by atoms with van der Waals surface area (Å²) in [6, 6.07) is 10.3. The third-order valence-electron chi connectivity index (χ3n) is 5.78. The summed E-state index contributed by atoms with van der Waals surface area (Å²) in [4.78, 5) is 20.1. The van der Waals surface area contributed by atoms with Crippen LogP contribution in [0.2, 0.25) is 5.02 Å². The van der Waals surface area contributed by atoms with Crippen LogP contribution in [-0.4, -0.2) is 68.3 Å². The smallest absolute Gasteiger partial charge is 0.246 e. The lowest BCUT2D eigenvalue weighted by molar-refractivity contribution is -0.128. The summed E-state index contributed by atoms with van der Waals surface area (Å²) in [5, 5.41) is 16.1. The number of nitrogens with zero attached hydrogens (tertiary/aromatic N) is 5. The molecule has 0 spiro atoms. The third kappa shape index (κ3) is 5.85. The van der Waals surface area contributed by atoms with Gasteiger partial charge in [0.25, 0.3) is 0 Å². The molecule has 1 atom stereocenters. The van der Waals surface area contributed by atoms with Gasteiger partial charge in [0.15, 0.2) is 0 Å². The van der Waals surface area contributed by atoms with Crippen LogP contribution in [0, 0.1) is 11.6 Å². The van der Waals surface area contributed by atoms with E-state index in [0.29, 0.717) is 31.2 Å². The number of hydrogen-bond acceptors (Lipinski definition) is 5. The summed E-state index contributed by atoms with van der Waals surface area (Å²) >= 11 is 5.88. The van der Waals surface area contributed by atoms with Gasteiger partial charge in [-0.1, -0.05) is 29.8 Å². The van der Waals surface area contributed by atoms with Crippen molar-refractivity contribution in [2.45, 2.75) is 12.1 Å². The fraction of sp³-hybridized carbons (Fsp3) is 0.292. The molecule has 0 radical (unpaired) electrons. The van der Waals surface area contributed by atoms with Gasteiger partial charge in [-0.05, 0) is 29.8 Å². The quantitative estimate of drug-likeness (QED) is 0.519. The molecule has 1 aliphatic heterocycles. The molecule has 1 amide bonds. The van der Waals surface area contributed by atoms with Crippen molar-refractivity contribution < 1.29 is 18.7 Å². The zero-order valence-electron chi connectivity index (χ0n) is 18.3. The average Bonchev–Trinajstić information content (AvgIpc) is 3.31. The van der Waals surface area contributed by atoms with Gasteiger partial charge >= 0.3 is 0 Å². The normalized spacial score (nSPS) is 16.6. The van der Waals surface area contributed by atoms with Crippen molar-refractivity contribution in [1.82, 2.24) is 24.6 Å². The number of β-amino-alcohol motifs (C(OH)–C–C–N with tert-alkyl or cyclic N) is 1. The van der Waals surface area contributed by atoms with E-state index in [1.165, 1.54) is 29.5 Å². The van der Waals surface area contributed by atoms with E-state index in [-0.39, 0.29) is 24.6 Å². The number of aliphatic hydroxyl groups is 1. The molecule has 1 fully saturated rings. The first-order valence-electron chi connectivity index (χ1n) is 10.8. The van der Waals surface area contributed by atoms with Gasteiger partial charge in [0.05, 0.1) is 6.54 Å². The van der Waals surface area contributed by atoms with Crippen LogP contribution in [0.3, 0.4) is 0 Å². The molecule has 3 aromatic rings. The Morgan fingerprint density at radius 3 is 2.47 bits per heavy atom. The molecule has 1 aromatic heterocycles. The minimum atomic E-state index is -1.67. The van der Waals surface area contributed by atoms with Crippen molar-refractivity contribution in [2.24, 2.45) is 0 Å². The molecule has 178 valence electrons. The van der Waals surface area contributed by atoms with Crippen molar-refractivity contribution in [3.05, 3.63) is 89.0 Å². The Labute approximate surface area is 200 Å². The first kappa shape index (κ1) is 24.0. The molecule has 0 bridgehead atoms. The number of benzene rings is 2. The fourth-order valence-electron chi connectivity index (χ4n) is 4.01. The molecule has 1 aliphatic rings. The highest BCUT2D eigenvalue weighted by Crippen LogP contribution is 2.28. The zero-order valence-corrected chi connectivity index (χ0v) is 19.1. The van der Waals surface area contributed by atoms with Gasteiger partial charge in [0.1, 0.15) is 29.9 Å². The number of carbonyl (C=O) groups excluding carboxylic acids is 1. The first-order chi connectivity index (χ1) is 16.3. The van der Waals surface area contributed by atoms with E-state index in [2.05, 4.69) is 10.1 Å². The third-order valence-corrected chi connectivity index (χ3v) is 6.03. The predicted octanol–water partition coefficient (Wildman–Crippen LogP) is 2.96. The van der Waals surface area contributed by atoms with Crippen molar-refractivity contribution in [3.63, 3.8) is 0 Å². The van der Waals surface area contributed by atoms with Crippen LogP contribution in [0.4, 0.5) is 8.78 Å². The Morgan fingerprint density at radius 2 is 1.82 bits per heavy atom. The van der Waals surface area contributed by atoms with Crippen LogP contribution in [-0.2, 0) is 16.9 Å². The summed E-state index contributed by atoms with van der Waals surface area (Å²) in [6.45, 7) is 1.91. The van der Waals surface area contributed by atoms with Crippen molar-refractivity contribution >= 4 is 23.6 Å². The summed E-state index contributed by atoms with van der Waals surface area (Å²) in [5.41, 5.74) is -0.823. The summed E-state index contributed by atoms with van der Waals surface area (Å²) in [5.74, 6) is -1.66. The summed E-state index contributed by atoms with van der Waals surface area (Å²) in [7, 11) is 0. The van der Waals surface area contributed by atoms with Crippen LogP contribution in [0.25, 0.3) is 6.08 Å². The summed E-state index contributed by atoms with van der Waals surface area (Å²) < 4.78 is 29.5. The molecule has 0 aliphatic carbocycles. The maximum absolute atomic E-state index is 14.6. The molecule has 1 unspecified atom stereocenters. The molecule has 1 N–H and O–H groups in total. The first-order valence-corrected chi connectivity index (χ1v) is 11.2. The molecule has 4 rings (SSSR count). The van der Waals surface area contributed by atoms with E-state index in [4.69, 9.17) is 11.6 Å². The van der Waals surface area contributed by atoms with E-state index in [1.807, 2.05) is 17.0 Å². The highest BCUT2D eigenvalue weighted by Gasteiger charge is 2.36. The number of rotatable bonds is 7. The lowest BCUT2D eigenvalue weighted by Gasteiger charge is -2.39. The van der Waals surface area contributed by atoms with E-state index in [9.17, 15) is 18.7 Å². The summed E-state index contributed by atoms with van der Waals surface area (Å²) in [6.07, 6.45) is 6.01. The van der Waals surface area contributed by atoms with Crippen LogP contribution >= 0.6 is 11.6 Å². The van der Waals surface area contributed by atoms with Gasteiger partial charge in [-0.15, -0.1) is 0 Å². The Balaban J connectivity index is 1.41. The standard InChI is InChI=1S/C24H24ClF2N5O2/c25-19-4-1-18(2-5-19)3-8-23(33)31-11-9-30(10-12-31)14-24(34,15-32-17-28-16-29-32)21-7-6-20(26)13-22(21)27/h1-8,13,16-17,34H,9-12,14-15H2. The highest BCUT2D eigenvalue weighted by atomic mass is 35.5. The number of halogens is 3. The van der Waals surface area contributed by atoms with E-state index in [0.717, 1.165) is 17.7 Å². The van der Waals surface area contributed by atoms with Gasteiger partial charge in [0.2, 0.25) is 5.91 Å². The van der Waals surface area contributed by atoms with Gasteiger partial charge in [-0.3, -0.25) is 9.69 Å². The Morgan fingerprint density at radius 1 is 1.09 bits per heavy atom. The van der Waals surface area contributed by atoms with Gasteiger partial charge < -0.3 is 10.0 Å². The molecular formula is C24H24ClF2N5O2. The fourth-order valence-corrected chi connectivity index (χ4v) is 4.14. The van der Waals surface area contributed by atoms with E-state index >= 15 is 0 Å². The molecule has 2 heterocycles. The Kier molecular flexibility index (Phi) is 7.35. The van der Waals surface area contributed by atoms with Gasteiger partial charge in [-0.25, -0.2) is 18.4 Å². The van der Waals surface area contributed by atoms with Crippen LogP contribution in [0.5, 0.6) is 0 Å². The highest BCUT2D eigenvalue weighted by molar-refractivity contribution is 6.30. The minimum Gasteiger partial charge on any atom is -0.382 e. The predicted molar refractivity (Wildman–Crippen MR) is 124 cm³/mol. The van der Waals surface area contributed by atoms with Crippen LogP contribution < -0.4 is 0 Å². The lowest BCUT2D eigenvalue weighted by Crippen LogP contribution is -2.53. The topological polar surface area (TPSA) is 74.5 Å². The maximum atomic E-state index is 14.6.